The standard InChI is InChI=1S/C23H28N4O2S/c1-17-5-13-30-20(17)16-27-10-6-23(7-11-27)15-18(4-12-28-23)14-21-25-22(26-29-21)19-2-8-24-9-3-19/h2-3,5,8-9,13,18H,4,6-7,10-12,14-16H2,1H3. The number of thiophene rings is 1. The lowest BCUT2D eigenvalue weighted by atomic mass is 9.78. The van der Waals surface area contributed by atoms with Crippen LogP contribution in [-0.2, 0) is 17.7 Å². The second kappa shape index (κ2) is 8.57. The van der Waals surface area contributed by atoms with Gasteiger partial charge < -0.3 is 9.26 Å². The molecule has 1 unspecified atom stereocenters. The van der Waals surface area contributed by atoms with Crippen molar-refractivity contribution in [3.05, 3.63) is 52.3 Å². The summed E-state index contributed by atoms with van der Waals surface area (Å²) in [7, 11) is 0. The maximum absolute atomic E-state index is 6.36. The summed E-state index contributed by atoms with van der Waals surface area (Å²) in [5.74, 6) is 1.91. The molecule has 0 aliphatic carbocycles. The first kappa shape index (κ1) is 19.8. The molecule has 0 saturated carbocycles. The number of aryl methyl sites for hydroxylation is 1. The highest BCUT2D eigenvalue weighted by molar-refractivity contribution is 7.10. The van der Waals surface area contributed by atoms with Crippen molar-refractivity contribution < 1.29 is 9.26 Å². The Labute approximate surface area is 181 Å². The van der Waals surface area contributed by atoms with Crippen LogP contribution in [0.5, 0.6) is 0 Å². The number of likely N-dealkylation sites (tertiary alicyclic amines) is 1. The third-order valence-corrected chi connectivity index (χ3v) is 7.58. The van der Waals surface area contributed by atoms with Gasteiger partial charge in [0.25, 0.3) is 0 Å². The van der Waals surface area contributed by atoms with Crippen molar-refractivity contribution in [3.8, 4) is 11.4 Å². The van der Waals surface area contributed by atoms with Gasteiger partial charge in [-0.05, 0) is 67.7 Å². The lowest BCUT2D eigenvalue weighted by Crippen LogP contribution is -2.49. The van der Waals surface area contributed by atoms with Gasteiger partial charge in [-0.1, -0.05) is 5.16 Å². The molecule has 0 aromatic carbocycles. The molecular formula is C23H28N4O2S. The molecule has 0 radical (unpaired) electrons. The SMILES string of the molecule is Cc1ccsc1CN1CCC2(CC1)CC(Cc1nc(-c3ccncc3)no1)CCO2. The first-order valence-corrected chi connectivity index (χ1v) is 11.7. The van der Waals surface area contributed by atoms with Crippen LogP contribution in [0.4, 0.5) is 0 Å². The van der Waals surface area contributed by atoms with E-state index in [1.54, 1.807) is 12.4 Å². The van der Waals surface area contributed by atoms with Gasteiger partial charge in [-0.25, -0.2) is 0 Å². The van der Waals surface area contributed by atoms with Crippen molar-refractivity contribution in [3.63, 3.8) is 0 Å². The molecule has 3 aromatic heterocycles. The molecule has 30 heavy (non-hydrogen) atoms. The van der Waals surface area contributed by atoms with Crippen molar-refractivity contribution in [1.29, 1.82) is 0 Å². The third-order valence-electron chi connectivity index (χ3n) is 6.57. The zero-order valence-corrected chi connectivity index (χ0v) is 18.2. The number of nitrogens with zero attached hydrogens (tertiary/aromatic N) is 4. The van der Waals surface area contributed by atoms with Gasteiger partial charge in [0, 0.05) is 55.5 Å². The first-order valence-electron chi connectivity index (χ1n) is 10.8. The van der Waals surface area contributed by atoms with Gasteiger partial charge in [0.1, 0.15) is 0 Å². The minimum absolute atomic E-state index is 0.0257. The van der Waals surface area contributed by atoms with Crippen LogP contribution in [0.25, 0.3) is 11.4 Å². The highest BCUT2D eigenvalue weighted by Crippen LogP contribution is 2.39. The molecule has 1 spiro atoms. The Morgan fingerprint density at radius 3 is 2.80 bits per heavy atom. The molecule has 6 nitrogen and oxygen atoms in total. The summed E-state index contributed by atoms with van der Waals surface area (Å²) in [5.41, 5.74) is 2.38. The van der Waals surface area contributed by atoms with Crippen LogP contribution >= 0.6 is 11.3 Å². The molecule has 0 bridgehead atoms. The Bertz CT molecular complexity index is 963. The maximum atomic E-state index is 6.36. The predicted molar refractivity (Wildman–Crippen MR) is 116 cm³/mol. The molecule has 0 amide bonds. The predicted octanol–water partition coefficient (Wildman–Crippen LogP) is 4.51. The smallest absolute Gasteiger partial charge is 0.227 e. The monoisotopic (exact) mass is 424 g/mol. The van der Waals surface area contributed by atoms with E-state index in [2.05, 4.69) is 38.4 Å². The number of piperidine rings is 1. The zero-order valence-electron chi connectivity index (χ0n) is 17.4. The van der Waals surface area contributed by atoms with E-state index in [1.807, 2.05) is 23.5 Å². The minimum Gasteiger partial charge on any atom is -0.375 e. The number of rotatable bonds is 5. The van der Waals surface area contributed by atoms with Gasteiger partial charge in [-0.2, -0.15) is 4.98 Å². The van der Waals surface area contributed by atoms with E-state index in [9.17, 15) is 0 Å². The van der Waals surface area contributed by atoms with Crippen molar-refractivity contribution in [2.75, 3.05) is 19.7 Å². The Balaban J connectivity index is 1.18. The number of pyridine rings is 1. The molecule has 0 N–H and O–H groups in total. The van der Waals surface area contributed by atoms with E-state index in [-0.39, 0.29) is 5.60 Å². The summed E-state index contributed by atoms with van der Waals surface area (Å²) >= 11 is 1.87. The summed E-state index contributed by atoms with van der Waals surface area (Å²) in [6.45, 7) is 6.33. The summed E-state index contributed by atoms with van der Waals surface area (Å²) in [6.07, 6.45) is 8.71. The van der Waals surface area contributed by atoms with Crippen LogP contribution in [-0.4, -0.2) is 45.3 Å². The van der Waals surface area contributed by atoms with Gasteiger partial charge in [-0.15, -0.1) is 11.3 Å². The van der Waals surface area contributed by atoms with Gasteiger partial charge in [-0.3, -0.25) is 9.88 Å². The number of ether oxygens (including phenoxy) is 1. The van der Waals surface area contributed by atoms with Crippen LogP contribution in [0.2, 0.25) is 0 Å². The van der Waals surface area contributed by atoms with Crippen molar-refractivity contribution >= 4 is 11.3 Å². The fourth-order valence-corrected chi connectivity index (χ4v) is 5.69. The molecule has 1 atom stereocenters. The molecule has 5 heterocycles. The maximum Gasteiger partial charge on any atom is 0.227 e. The highest BCUT2D eigenvalue weighted by atomic mass is 32.1. The molecule has 7 heteroatoms. The van der Waals surface area contributed by atoms with Gasteiger partial charge in [0.05, 0.1) is 5.60 Å². The lowest BCUT2D eigenvalue weighted by molar-refractivity contribution is -0.128. The Morgan fingerprint density at radius 1 is 1.20 bits per heavy atom. The largest absolute Gasteiger partial charge is 0.375 e. The van der Waals surface area contributed by atoms with Crippen LogP contribution in [0.15, 0.2) is 40.5 Å². The van der Waals surface area contributed by atoms with E-state index >= 15 is 0 Å². The van der Waals surface area contributed by atoms with Crippen molar-refractivity contribution in [1.82, 2.24) is 20.0 Å². The summed E-state index contributed by atoms with van der Waals surface area (Å²) < 4.78 is 11.9. The average molecular weight is 425 g/mol. The van der Waals surface area contributed by atoms with E-state index in [1.165, 1.54) is 10.4 Å². The average Bonchev–Trinajstić information content (AvgIpc) is 3.40. The van der Waals surface area contributed by atoms with Crippen LogP contribution in [0, 0.1) is 12.8 Å². The summed E-state index contributed by atoms with van der Waals surface area (Å²) in [6, 6.07) is 6.03. The van der Waals surface area contributed by atoms with Gasteiger partial charge in [0.15, 0.2) is 0 Å². The van der Waals surface area contributed by atoms with Crippen molar-refractivity contribution in [2.24, 2.45) is 5.92 Å². The Kier molecular flexibility index (Phi) is 5.67. The molecule has 2 saturated heterocycles. The fourth-order valence-electron chi connectivity index (χ4n) is 4.74. The number of hydrogen-bond acceptors (Lipinski definition) is 7. The van der Waals surface area contributed by atoms with E-state index in [0.29, 0.717) is 11.7 Å². The highest BCUT2D eigenvalue weighted by Gasteiger charge is 2.40. The van der Waals surface area contributed by atoms with Crippen molar-refractivity contribution in [2.45, 2.75) is 51.2 Å². The van der Waals surface area contributed by atoms with E-state index in [0.717, 1.165) is 69.8 Å². The number of hydrogen-bond donors (Lipinski definition) is 0. The minimum atomic E-state index is 0.0257. The van der Waals surface area contributed by atoms with E-state index < -0.39 is 0 Å². The quantitative estimate of drug-likeness (QED) is 0.601. The van der Waals surface area contributed by atoms with Crippen LogP contribution in [0.3, 0.4) is 0 Å². The second-order valence-electron chi connectivity index (χ2n) is 8.64. The molecule has 3 aromatic rings. The topological polar surface area (TPSA) is 64.3 Å². The van der Waals surface area contributed by atoms with Crippen LogP contribution < -0.4 is 0 Å². The third kappa shape index (κ3) is 4.33. The molecule has 5 rings (SSSR count). The van der Waals surface area contributed by atoms with Crippen LogP contribution in [0.1, 0.15) is 42.0 Å². The second-order valence-corrected chi connectivity index (χ2v) is 9.65. The van der Waals surface area contributed by atoms with E-state index in [4.69, 9.17) is 9.26 Å². The molecular weight excluding hydrogens is 396 g/mol. The molecule has 158 valence electrons. The summed E-state index contributed by atoms with van der Waals surface area (Å²) in [4.78, 5) is 12.7. The molecule has 2 aliphatic rings. The Hall–Kier alpha value is -2.09. The fraction of sp³-hybridized carbons (Fsp3) is 0.522. The Morgan fingerprint density at radius 2 is 2.03 bits per heavy atom. The lowest BCUT2D eigenvalue weighted by Gasteiger charge is -2.46. The molecule has 2 aliphatic heterocycles. The van der Waals surface area contributed by atoms with Gasteiger partial charge >= 0.3 is 0 Å². The number of aromatic nitrogens is 3. The molecule has 2 fully saturated rings. The summed E-state index contributed by atoms with van der Waals surface area (Å²) in [5, 5.41) is 6.35. The van der Waals surface area contributed by atoms with Gasteiger partial charge in [0.2, 0.25) is 11.7 Å². The normalized spacial score (nSPS) is 21.8. The zero-order chi connectivity index (χ0) is 20.4. The first-order chi connectivity index (χ1) is 14.7.